The van der Waals surface area contributed by atoms with E-state index in [4.69, 9.17) is 14.2 Å². The first kappa shape index (κ1) is 13.0. The van der Waals surface area contributed by atoms with Crippen molar-refractivity contribution in [1.29, 1.82) is 0 Å². The molecular formula is C17H15NO4. The van der Waals surface area contributed by atoms with Gasteiger partial charge in [-0.2, -0.15) is 0 Å². The number of ether oxygens (including phenoxy) is 3. The van der Waals surface area contributed by atoms with Crippen LogP contribution in [0.2, 0.25) is 0 Å². The number of hydrogen-bond acceptors (Lipinski definition) is 4. The van der Waals surface area contributed by atoms with Gasteiger partial charge in [-0.3, -0.25) is 4.79 Å². The molecular weight excluding hydrogens is 282 g/mol. The van der Waals surface area contributed by atoms with Gasteiger partial charge in [0.1, 0.15) is 5.75 Å². The quantitative estimate of drug-likeness (QED) is 0.855. The van der Waals surface area contributed by atoms with E-state index in [9.17, 15) is 4.79 Å². The summed E-state index contributed by atoms with van der Waals surface area (Å²) in [5.74, 6) is 2.02. The van der Waals surface area contributed by atoms with Crippen LogP contribution in [0.1, 0.15) is 15.9 Å². The number of benzene rings is 2. The molecule has 0 spiro atoms. The van der Waals surface area contributed by atoms with Crippen molar-refractivity contribution < 1.29 is 19.0 Å². The molecule has 0 saturated carbocycles. The second-order valence-corrected chi connectivity index (χ2v) is 5.27. The molecule has 2 aromatic rings. The second-order valence-electron chi connectivity index (χ2n) is 5.27. The summed E-state index contributed by atoms with van der Waals surface area (Å²) < 4.78 is 15.9. The Balaban J connectivity index is 1.68. The van der Waals surface area contributed by atoms with Crippen LogP contribution in [0.4, 0.5) is 5.69 Å². The normalized spacial score (nSPS) is 14.9. The Kier molecular flexibility index (Phi) is 2.92. The van der Waals surface area contributed by atoms with Crippen molar-refractivity contribution in [3.8, 4) is 17.2 Å². The van der Waals surface area contributed by atoms with Crippen LogP contribution in [0.15, 0.2) is 36.4 Å². The van der Waals surface area contributed by atoms with Gasteiger partial charge in [0.05, 0.1) is 12.8 Å². The highest BCUT2D eigenvalue weighted by atomic mass is 16.7. The molecule has 0 saturated heterocycles. The van der Waals surface area contributed by atoms with Crippen molar-refractivity contribution in [3.05, 3.63) is 47.5 Å². The predicted molar refractivity (Wildman–Crippen MR) is 80.9 cm³/mol. The fraction of sp³-hybridized carbons (Fsp3) is 0.235. The first-order chi connectivity index (χ1) is 10.8. The number of carbonyl (C=O) groups is 1. The van der Waals surface area contributed by atoms with E-state index < -0.39 is 0 Å². The zero-order valence-electron chi connectivity index (χ0n) is 12.2. The number of rotatable bonds is 2. The number of fused-ring (bicyclic) bond motifs is 2. The zero-order chi connectivity index (χ0) is 15.1. The van der Waals surface area contributed by atoms with Crippen LogP contribution in [-0.2, 0) is 6.42 Å². The minimum Gasteiger partial charge on any atom is -0.497 e. The van der Waals surface area contributed by atoms with Gasteiger partial charge in [-0.05, 0) is 36.2 Å². The van der Waals surface area contributed by atoms with Crippen LogP contribution < -0.4 is 19.1 Å². The highest BCUT2D eigenvalue weighted by Crippen LogP contribution is 2.35. The molecule has 0 aromatic heterocycles. The number of amides is 1. The maximum Gasteiger partial charge on any atom is 0.258 e. The van der Waals surface area contributed by atoms with Crippen molar-refractivity contribution in [2.75, 3.05) is 25.3 Å². The van der Waals surface area contributed by atoms with Gasteiger partial charge in [-0.25, -0.2) is 0 Å². The third-order valence-electron chi connectivity index (χ3n) is 4.05. The number of anilines is 1. The van der Waals surface area contributed by atoms with Crippen molar-refractivity contribution in [2.45, 2.75) is 6.42 Å². The first-order valence-corrected chi connectivity index (χ1v) is 7.15. The third kappa shape index (κ3) is 1.97. The lowest BCUT2D eigenvalue weighted by molar-refractivity contribution is 0.0989. The molecule has 5 heteroatoms. The Hall–Kier alpha value is -2.69. The van der Waals surface area contributed by atoms with E-state index in [0.29, 0.717) is 23.6 Å². The largest absolute Gasteiger partial charge is 0.497 e. The number of hydrogen-bond donors (Lipinski definition) is 0. The summed E-state index contributed by atoms with van der Waals surface area (Å²) in [6, 6.07) is 11.1. The highest BCUT2D eigenvalue weighted by molar-refractivity contribution is 6.07. The molecule has 112 valence electrons. The molecule has 0 aliphatic carbocycles. The minimum absolute atomic E-state index is 0.0368. The van der Waals surface area contributed by atoms with Crippen LogP contribution in [-0.4, -0.2) is 26.4 Å². The summed E-state index contributed by atoms with van der Waals surface area (Å²) >= 11 is 0. The van der Waals surface area contributed by atoms with E-state index in [-0.39, 0.29) is 12.7 Å². The molecule has 2 heterocycles. The van der Waals surface area contributed by atoms with Gasteiger partial charge in [-0.1, -0.05) is 6.07 Å². The summed E-state index contributed by atoms with van der Waals surface area (Å²) in [4.78, 5) is 14.6. The Labute approximate surface area is 128 Å². The van der Waals surface area contributed by atoms with Crippen LogP contribution in [0.25, 0.3) is 0 Å². The topological polar surface area (TPSA) is 48.0 Å². The summed E-state index contributed by atoms with van der Waals surface area (Å²) in [6.45, 7) is 0.881. The van der Waals surface area contributed by atoms with Crippen LogP contribution >= 0.6 is 0 Å². The smallest absolute Gasteiger partial charge is 0.258 e. The van der Waals surface area contributed by atoms with Gasteiger partial charge in [0.2, 0.25) is 6.79 Å². The maximum atomic E-state index is 12.8. The van der Waals surface area contributed by atoms with E-state index in [1.807, 2.05) is 18.2 Å². The summed E-state index contributed by atoms with van der Waals surface area (Å²) in [5.41, 5.74) is 2.68. The molecule has 0 bridgehead atoms. The fourth-order valence-corrected chi connectivity index (χ4v) is 2.88. The SMILES string of the molecule is COc1ccc2c(c1)N(C(=O)c1ccc3c(c1)OCO3)CC2. The summed E-state index contributed by atoms with van der Waals surface area (Å²) in [7, 11) is 1.63. The maximum absolute atomic E-state index is 12.8. The van der Waals surface area contributed by atoms with E-state index in [1.54, 1.807) is 30.2 Å². The van der Waals surface area contributed by atoms with Crippen LogP contribution in [0.3, 0.4) is 0 Å². The van der Waals surface area contributed by atoms with Gasteiger partial charge in [0.15, 0.2) is 11.5 Å². The van der Waals surface area contributed by atoms with E-state index in [1.165, 1.54) is 0 Å². The lowest BCUT2D eigenvalue weighted by Crippen LogP contribution is -2.28. The monoisotopic (exact) mass is 297 g/mol. The lowest BCUT2D eigenvalue weighted by atomic mass is 10.1. The van der Waals surface area contributed by atoms with Crippen molar-refractivity contribution in [1.82, 2.24) is 0 Å². The summed E-state index contributed by atoms with van der Waals surface area (Å²) in [6.07, 6.45) is 0.857. The highest BCUT2D eigenvalue weighted by Gasteiger charge is 2.27. The Morgan fingerprint density at radius 1 is 1.14 bits per heavy atom. The Bertz CT molecular complexity index is 756. The van der Waals surface area contributed by atoms with Crippen molar-refractivity contribution >= 4 is 11.6 Å². The molecule has 2 aliphatic rings. The first-order valence-electron chi connectivity index (χ1n) is 7.15. The average Bonchev–Trinajstić information content (AvgIpc) is 3.19. The molecule has 0 N–H and O–H groups in total. The van der Waals surface area contributed by atoms with E-state index >= 15 is 0 Å². The molecule has 2 aromatic carbocycles. The van der Waals surface area contributed by atoms with Crippen molar-refractivity contribution in [3.63, 3.8) is 0 Å². The second kappa shape index (κ2) is 4.94. The molecule has 0 fully saturated rings. The van der Waals surface area contributed by atoms with Crippen LogP contribution in [0.5, 0.6) is 17.2 Å². The molecule has 4 rings (SSSR count). The Morgan fingerprint density at radius 2 is 2.00 bits per heavy atom. The lowest BCUT2D eigenvalue weighted by Gasteiger charge is -2.18. The van der Waals surface area contributed by atoms with Gasteiger partial charge >= 0.3 is 0 Å². The number of carbonyl (C=O) groups excluding carboxylic acids is 1. The number of methoxy groups -OCH3 is 1. The van der Waals surface area contributed by atoms with E-state index in [2.05, 4.69) is 0 Å². The van der Waals surface area contributed by atoms with Gasteiger partial charge < -0.3 is 19.1 Å². The number of nitrogens with zero attached hydrogens (tertiary/aromatic N) is 1. The molecule has 2 aliphatic heterocycles. The molecule has 0 radical (unpaired) electrons. The molecule has 0 atom stereocenters. The fourth-order valence-electron chi connectivity index (χ4n) is 2.88. The minimum atomic E-state index is -0.0368. The van der Waals surface area contributed by atoms with Crippen LogP contribution in [0, 0.1) is 0 Å². The predicted octanol–water partition coefficient (Wildman–Crippen LogP) is 2.63. The molecule has 0 unspecified atom stereocenters. The third-order valence-corrected chi connectivity index (χ3v) is 4.05. The van der Waals surface area contributed by atoms with Crippen molar-refractivity contribution in [2.24, 2.45) is 0 Å². The van der Waals surface area contributed by atoms with Gasteiger partial charge in [0.25, 0.3) is 5.91 Å². The van der Waals surface area contributed by atoms with Gasteiger partial charge in [0, 0.05) is 18.2 Å². The standard InChI is InChI=1S/C17H15NO4/c1-20-13-4-2-11-6-7-18(14(11)9-13)17(19)12-3-5-15-16(8-12)22-10-21-15/h2-5,8-9H,6-7,10H2,1H3. The van der Waals surface area contributed by atoms with Gasteiger partial charge in [-0.15, -0.1) is 0 Å². The summed E-state index contributed by atoms with van der Waals surface area (Å²) in [5, 5.41) is 0. The van der Waals surface area contributed by atoms with E-state index in [0.717, 1.165) is 23.4 Å². The molecule has 1 amide bonds. The molecule has 5 nitrogen and oxygen atoms in total. The molecule has 22 heavy (non-hydrogen) atoms. The Morgan fingerprint density at radius 3 is 2.86 bits per heavy atom. The zero-order valence-corrected chi connectivity index (χ0v) is 12.2. The average molecular weight is 297 g/mol.